The Labute approximate surface area is 150 Å². The minimum Gasteiger partial charge on any atom is -0.393 e. The zero-order valence-electron chi connectivity index (χ0n) is 15.9. The van der Waals surface area contributed by atoms with Crippen molar-refractivity contribution in [3.05, 3.63) is 0 Å². The molecular formula is C19H40O4S. The third-order valence-electron chi connectivity index (χ3n) is 4.74. The Morgan fingerprint density at radius 1 is 0.667 bits per heavy atom. The van der Waals surface area contributed by atoms with E-state index in [0.717, 1.165) is 38.5 Å². The van der Waals surface area contributed by atoms with Crippen molar-refractivity contribution in [1.29, 1.82) is 0 Å². The van der Waals surface area contributed by atoms with Gasteiger partial charge in [-0.1, -0.05) is 84.5 Å². The van der Waals surface area contributed by atoms with Gasteiger partial charge in [0.15, 0.2) is 0 Å². The molecule has 0 aromatic rings. The number of hydrogen-bond donors (Lipinski definition) is 2. The number of unbranched alkanes of at least 4 members (excludes halogenated alkanes) is 8. The molecule has 0 aliphatic carbocycles. The molecule has 2 atom stereocenters. The van der Waals surface area contributed by atoms with Crippen molar-refractivity contribution in [3.8, 4) is 0 Å². The van der Waals surface area contributed by atoms with Crippen LogP contribution < -0.4 is 0 Å². The zero-order chi connectivity index (χ0) is 18.3. The smallest absolute Gasteiger partial charge is 0.267 e. The van der Waals surface area contributed by atoms with E-state index in [0.29, 0.717) is 12.8 Å². The summed E-state index contributed by atoms with van der Waals surface area (Å²) in [4.78, 5) is 0. The van der Waals surface area contributed by atoms with Gasteiger partial charge in [-0.05, 0) is 25.7 Å². The highest BCUT2D eigenvalue weighted by molar-refractivity contribution is 7.86. The van der Waals surface area contributed by atoms with E-state index in [9.17, 15) is 18.1 Å². The molecule has 0 aliphatic heterocycles. The lowest BCUT2D eigenvalue weighted by Gasteiger charge is -2.14. The number of hydrogen-bond acceptors (Lipinski definition) is 3. The van der Waals surface area contributed by atoms with Crippen LogP contribution >= 0.6 is 0 Å². The van der Waals surface area contributed by atoms with Crippen LogP contribution in [0.1, 0.15) is 110 Å². The highest BCUT2D eigenvalue weighted by Crippen LogP contribution is 2.18. The third-order valence-corrected chi connectivity index (χ3v) is 6.05. The molecule has 24 heavy (non-hydrogen) atoms. The SMILES string of the molecule is CCCCCCCCCCC(O)CCCCC(CCC)S(=O)(=O)O. The van der Waals surface area contributed by atoms with Crippen LogP contribution in [0.2, 0.25) is 0 Å². The summed E-state index contributed by atoms with van der Waals surface area (Å²) in [6.07, 6.45) is 14.8. The number of aliphatic hydroxyl groups is 1. The first-order chi connectivity index (χ1) is 11.4. The van der Waals surface area contributed by atoms with Crippen LogP contribution in [0.4, 0.5) is 0 Å². The Kier molecular flexibility index (Phi) is 15.1. The molecule has 0 aromatic heterocycles. The van der Waals surface area contributed by atoms with Crippen molar-refractivity contribution in [2.24, 2.45) is 0 Å². The van der Waals surface area contributed by atoms with Crippen molar-refractivity contribution in [1.82, 2.24) is 0 Å². The van der Waals surface area contributed by atoms with E-state index in [2.05, 4.69) is 6.92 Å². The van der Waals surface area contributed by atoms with Crippen LogP contribution in [0.5, 0.6) is 0 Å². The average molecular weight is 365 g/mol. The fraction of sp³-hybridized carbons (Fsp3) is 1.00. The van der Waals surface area contributed by atoms with E-state index >= 15 is 0 Å². The summed E-state index contributed by atoms with van der Waals surface area (Å²) in [7, 11) is -3.92. The Morgan fingerprint density at radius 2 is 1.12 bits per heavy atom. The van der Waals surface area contributed by atoms with Gasteiger partial charge in [-0.2, -0.15) is 8.42 Å². The molecule has 0 saturated carbocycles. The van der Waals surface area contributed by atoms with E-state index in [4.69, 9.17) is 0 Å². The maximum atomic E-state index is 11.2. The predicted octanol–water partition coefficient (Wildman–Crippen LogP) is 5.50. The minimum atomic E-state index is -3.92. The standard InChI is InChI=1S/C19H40O4S/c1-3-5-6-7-8-9-10-11-15-18(20)16-12-13-17-19(14-4-2)24(21,22)23/h18-20H,3-17H2,1-2H3,(H,21,22,23). The molecule has 0 rings (SSSR count). The summed E-state index contributed by atoms with van der Waals surface area (Å²) >= 11 is 0. The van der Waals surface area contributed by atoms with Crippen molar-refractivity contribution in [2.75, 3.05) is 0 Å². The summed E-state index contributed by atoms with van der Waals surface area (Å²) in [6, 6.07) is 0. The molecular weight excluding hydrogens is 324 g/mol. The fourth-order valence-corrected chi connectivity index (χ4v) is 4.17. The van der Waals surface area contributed by atoms with Gasteiger partial charge in [0.05, 0.1) is 11.4 Å². The first-order valence-corrected chi connectivity index (χ1v) is 11.6. The molecule has 0 saturated heterocycles. The zero-order valence-corrected chi connectivity index (χ0v) is 16.7. The minimum absolute atomic E-state index is 0.263. The van der Waals surface area contributed by atoms with Crippen LogP contribution in [-0.2, 0) is 10.1 Å². The fourth-order valence-electron chi connectivity index (χ4n) is 3.17. The van der Waals surface area contributed by atoms with Gasteiger partial charge in [-0.3, -0.25) is 4.55 Å². The van der Waals surface area contributed by atoms with Gasteiger partial charge in [-0.25, -0.2) is 0 Å². The van der Waals surface area contributed by atoms with Crippen LogP contribution in [0.15, 0.2) is 0 Å². The Balaban J connectivity index is 3.57. The Morgan fingerprint density at radius 3 is 1.62 bits per heavy atom. The highest BCUT2D eigenvalue weighted by Gasteiger charge is 2.21. The number of aliphatic hydroxyl groups excluding tert-OH is 1. The monoisotopic (exact) mass is 364 g/mol. The van der Waals surface area contributed by atoms with Gasteiger partial charge in [0, 0.05) is 0 Å². The van der Waals surface area contributed by atoms with Gasteiger partial charge >= 0.3 is 0 Å². The first kappa shape index (κ1) is 23.9. The molecule has 0 aliphatic rings. The van der Waals surface area contributed by atoms with Crippen molar-refractivity contribution in [3.63, 3.8) is 0 Å². The maximum absolute atomic E-state index is 11.2. The van der Waals surface area contributed by atoms with Gasteiger partial charge < -0.3 is 5.11 Å². The molecule has 0 aromatic carbocycles. The van der Waals surface area contributed by atoms with E-state index in [1.807, 2.05) is 6.92 Å². The molecule has 0 heterocycles. The molecule has 0 fully saturated rings. The van der Waals surface area contributed by atoms with Gasteiger partial charge in [-0.15, -0.1) is 0 Å². The molecule has 0 bridgehead atoms. The second-order valence-electron chi connectivity index (χ2n) is 7.13. The topological polar surface area (TPSA) is 74.6 Å². The molecule has 4 nitrogen and oxygen atoms in total. The van der Waals surface area contributed by atoms with Gasteiger partial charge in [0.2, 0.25) is 0 Å². The Bertz CT molecular complexity index is 368. The first-order valence-electron chi connectivity index (χ1n) is 10.1. The Hall–Kier alpha value is -0.130. The van der Waals surface area contributed by atoms with E-state index in [1.165, 1.54) is 44.9 Å². The summed E-state index contributed by atoms with van der Waals surface area (Å²) < 4.78 is 31.7. The van der Waals surface area contributed by atoms with E-state index in [1.54, 1.807) is 0 Å². The van der Waals surface area contributed by atoms with Crippen LogP contribution in [0, 0.1) is 0 Å². The van der Waals surface area contributed by atoms with E-state index < -0.39 is 15.4 Å². The largest absolute Gasteiger partial charge is 0.393 e. The van der Waals surface area contributed by atoms with E-state index in [-0.39, 0.29) is 6.10 Å². The molecule has 0 amide bonds. The van der Waals surface area contributed by atoms with Crippen LogP contribution in [0.3, 0.4) is 0 Å². The third kappa shape index (κ3) is 14.2. The van der Waals surface area contributed by atoms with Crippen LogP contribution in [-0.4, -0.2) is 29.4 Å². The van der Waals surface area contributed by atoms with Crippen molar-refractivity contribution in [2.45, 2.75) is 122 Å². The molecule has 5 heteroatoms. The van der Waals surface area contributed by atoms with Gasteiger partial charge in [0.25, 0.3) is 10.1 Å². The van der Waals surface area contributed by atoms with Crippen molar-refractivity contribution >= 4 is 10.1 Å². The lowest BCUT2D eigenvalue weighted by atomic mass is 10.0. The van der Waals surface area contributed by atoms with Crippen LogP contribution in [0.25, 0.3) is 0 Å². The summed E-state index contributed by atoms with van der Waals surface area (Å²) in [5.41, 5.74) is 0. The van der Waals surface area contributed by atoms with Crippen molar-refractivity contribution < 1.29 is 18.1 Å². The number of rotatable bonds is 17. The molecule has 0 spiro atoms. The molecule has 146 valence electrons. The normalized spacial score (nSPS) is 14.7. The quantitative estimate of drug-likeness (QED) is 0.264. The predicted molar refractivity (Wildman–Crippen MR) is 102 cm³/mol. The summed E-state index contributed by atoms with van der Waals surface area (Å²) in [5, 5.41) is 9.35. The second kappa shape index (κ2) is 15.2. The lowest BCUT2D eigenvalue weighted by molar-refractivity contribution is 0.147. The molecule has 2 unspecified atom stereocenters. The maximum Gasteiger partial charge on any atom is 0.267 e. The summed E-state index contributed by atoms with van der Waals surface area (Å²) in [6.45, 7) is 4.15. The molecule has 0 radical (unpaired) electrons. The molecule has 2 N–H and O–H groups in total. The second-order valence-corrected chi connectivity index (χ2v) is 8.82. The summed E-state index contributed by atoms with van der Waals surface area (Å²) in [5.74, 6) is 0. The highest BCUT2D eigenvalue weighted by atomic mass is 32.2. The lowest BCUT2D eigenvalue weighted by Crippen LogP contribution is -2.20. The average Bonchev–Trinajstić information content (AvgIpc) is 2.52. The van der Waals surface area contributed by atoms with Gasteiger partial charge in [0.1, 0.15) is 0 Å².